The van der Waals surface area contributed by atoms with Gasteiger partial charge in [-0.3, -0.25) is 14.6 Å². The molecule has 36 heavy (non-hydrogen) atoms. The second kappa shape index (κ2) is 10.9. The number of rotatable bonds is 8. The zero-order valence-electron chi connectivity index (χ0n) is 20.5. The summed E-state index contributed by atoms with van der Waals surface area (Å²) in [5.74, 6) is 0.163. The third-order valence-electron chi connectivity index (χ3n) is 5.77. The molecule has 0 saturated heterocycles. The second-order valence-corrected chi connectivity index (χ2v) is 9.53. The standard InChI is InChI=1S/C26H28N4O5S/c1-5-21-24(18-8-11-22(34-4)20(32)12-18)29-30(23(14-31)35-21)13-17-6-9-19(10-7-17)28-26(33)25-15(2)27-16(3)36-25/h6-12,14,21,23,32H,5,13H2,1-4H3,(H,28,33). The lowest BCUT2D eigenvalue weighted by atomic mass is 10.0. The van der Waals surface area contributed by atoms with Crippen LogP contribution in [0.25, 0.3) is 0 Å². The van der Waals surface area contributed by atoms with Gasteiger partial charge < -0.3 is 19.9 Å². The van der Waals surface area contributed by atoms with Gasteiger partial charge in [-0.2, -0.15) is 5.10 Å². The average Bonchev–Trinajstić information content (AvgIpc) is 3.22. The molecule has 0 saturated carbocycles. The van der Waals surface area contributed by atoms with Gasteiger partial charge in [-0.05, 0) is 56.2 Å². The van der Waals surface area contributed by atoms with Crippen LogP contribution in [0.5, 0.6) is 11.5 Å². The molecule has 2 N–H and O–H groups in total. The van der Waals surface area contributed by atoms with Crippen LogP contribution in [-0.4, -0.2) is 52.4 Å². The van der Waals surface area contributed by atoms with E-state index in [-0.39, 0.29) is 11.7 Å². The van der Waals surface area contributed by atoms with Crippen LogP contribution in [0, 0.1) is 13.8 Å². The van der Waals surface area contributed by atoms with Crippen molar-refractivity contribution in [3.63, 3.8) is 0 Å². The Kier molecular flexibility index (Phi) is 7.66. The zero-order valence-corrected chi connectivity index (χ0v) is 21.3. The Balaban J connectivity index is 1.53. The molecular formula is C26H28N4O5S. The van der Waals surface area contributed by atoms with E-state index in [1.807, 2.05) is 32.9 Å². The predicted octanol–water partition coefficient (Wildman–Crippen LogP) is 4.27. The first-order valence-electron chi connectivity index (χ1n) is 11.5. The smallest absolute Gasteiger partial charge is 0.267 e. The van der Waals surface area contributed by atoms with E-state index in [1.165, 1.54) is 18.4 Å². The Morgan fingerprint density at radius 2 is 2.00 bits per heavy atom. The maximum Gasteiger partial charge on any atom is 0.267 e. The number of nitrogens with one attached hydrogen (secondary N) is 1. The van der Waals surface area contributed by atoms with Gasteiger partial charge in [0, 0.05) is 11.3 Å². The first kappa shape index (κ1) is 25.3. The van der Waals surface area contributed by atoms with Gasteiger partial charge in [0.2, 0.25) is 6.23 Å². The van der Waals surface area contributed by atoms with Crippen LogP contribution in [0.3, 0.4) is 0 Å². The lowest BCUT2D eigenvalue weighted by molar-refractivity contribution is -0.139. The van der Waals surface area contributed by atoms with Gasteiger partial charge in [0.05, 0.1) is 30.1 Å². The first-order chi connectivity index (χ1) is 17.3. The zero-order chi connectivity index (χ0) is 25.8. The monoisotopic (exact) mass is 508 g/mol. The highest BCUT2D eigenvalue weighted by molar-refractivity contribution is 7.13. The molecule has 1 aromatic heterocycles. The number of hydrazone groups is 1. The Morgan fingerprint density at radius 1 is 1.25 bits per heavy atom. The molecule has 0 fully saturated rings. The molecule has 3 aromatic rings. The Bertz CT molecular complexity index is 1290. The Morgan fingerprint density at radius 3 is 2.58 bits per heavy atom. The van der Waals surface area contributed by atoms with Crippen molar-refractivity contribution in [3.05, 3.63) is 69.2 Å². The number of amides is 1. The van der Waals surface area contributed by atoms with E-state index >= 15 is 0 Å². The summed E-state index contributed by atoms with van der Waals surface area (Å²) < 4.78 is 11.2. The number of methoxy groups -OCH3 is 1. The number of hydrogen-bond acceptors (Lipinski definition) is 9. The number of anilines is 1. The molecule has 4 rings (SSSR count). The molecule has 10 heteroatoms. The Hall–Kier alpha value is -3.76. The lowest BCUT2D eigenvalue weighted by Gasteiger charge is -2.35. The summed E-state index contributed by atoms with van der Waals surface area (Å²) in [6, 6.07) is 12.4. The van der Waals surface area contributed by atoms with Crippen LogP contribution in [0.4, 0.5) is 5.69 Å². The van der Waals surface area contributed by atoms with E-state index < -0.39 is 12.3 Å². The Labute approximate surface area is 213 Å². The molecule has 2 unspecified atom stereocenters. The number of ether oxygens (including phenoxy) is 2. The van der Waals surface area contributed by atoms with Crippen molar-refractivity contribution in [2.45, 2.75) is 46.1 Å². The fourth-order valence-electron chi connectivity index (χ4n) is 3.98. The van der Waals surface area contributed by atoms with Crippen molar-refractivity contribution in [3.8, 4) is 11.5 Å². The summed E-state index contributed by atoms with van der Waals surface area (Å²) in [6.45, 7) is 5.95. The van der Waals surface area contributed by atoms with Crippen LogP contribution >= 0.6 is 11.3 Å². The largest absolute Gasteiger partial charge is 0.504 e. The van der Waals surface area contributed by atoms with Gasteiger partial charge in [-0.25, -0.2) is 4.98 Å². The van der Waals surface area contributed by atoms with E-state index in [0.29, 0.717) is 46.2 Å². The van der Waals surface area contributed by atoms with Gasteiger partial charge >= 0.3 is 0 Å². The maximum atomic E-state index is 12.6. The maximum absolute atomic E-state index is 12.6. The first-order valence-corrected chi connectivity index (χ1v) is 12.3. The molecular weight excluding hydrogens is 480 g/mol. The summed E-state index contributed by atoms with van der Waals surface area (Å²) in [4.78, 5) is 29.3. The molecule has 0 radical (unpaired) electrons. The number of carbonyl (C=O) groups excluding carboxylic acids is 2. The summed E-state index contributed by atoms with van der Waals surface area (Å²) in [5, 5.41) is 20.3. The van der Waals surface area contributed by atoms with Gasteiger partial charge in [0.15, 0.2) is 17.8 Å². The van der Waals surface area contributed by atoms with Crippen molar-refractivity contribution >= 4 is 34.9 Å². The fraction of sp³-hybridized carbons (Fsp3) is 0.308. The van der Waals surface area contributed by atoms with Crippen molar-refractivity contribution < 1.29 is 24.2 Å². The number of aromatic nitrogens is 1. The van der Waals surface area contributed by atoms with Crippen LogP contribution in [-0.2, 0) is 16.1 Å². The number of aldehydes is 1. The molecule has 2 heterocycles. The summed E-state index contributed by atoms with van der Waals surface area (Å²) in [7, 11) is 1.49. The highest BCUT2D eigenvalue weighted by Gasteiger charge is 2.31. The minimum Gasteiger partial charge on any atom is -0.504 e. The minimum atomic E-state index is -0.845. The molecule has 2 atom stereocenters. The molecule has 188 valence electrons. The van der Waals surface area contributed by atoms with E-state index in [1.54, 1.807) is 35.3 Å². The number of nitrogens with zero attached hydrogens (tertiary/aromatic N) is 3. The quantitative estimate of drug-likeness (QED) is 0.437. The molecule has 9 nitrogen and oxygen atoms in total. The van der Waals surface area contributed by atoms with Gasteiger partial charge in [0.1, 0.15) is 11.0 Å². The number of aromatic hydroxyl groups is 1. The lowest BCUT2D eigenvalue weighted by Crippen LogP contribution is -2.45. The SMILES string of the molecule is CCC1OC(C=O)N(Cc2ccc(NC(=O)c3sc(C)nc3C)cc2)N=C1c1ccc(OC)c(O)c1. The van der Waals surface area contributed by atoms with Crippen molar-refractivity contribution in [1.29, 1.82) is 0 Å². The third-order valence-corrected chi connectivity index (χ3v) is 6.84. The highest BCUT2D eigenvalue weighted by Crippen LogP contribution is 2.30. The summed E-state index contributed by atoms with van der Waals surface area (Å²) in [5.41, 5.74) is 3.54. The van der Waals surface area contributed by atoms with Crippen LogP contribution in [0.2, 0.25) is 0 Å². The number of benzene rings is 2. The summed E-state index contributed by atoms with van der Waals surface area (Å²) in [6.07, 6.45) is 0.0856. The molecule has 0 spiro atoms. The third kappa shape index (κ3) is 5.39. The van der Waals surface area contributed by atoms with E-state index in [9.17, 15) is 14.7 Å². The van der Waals surface area contributed by atoms with E-state index in [0.717, 1.165) is 16.9 Å². The average molecular weight is 509 g/mol. The van der Waals surface area contributed by atoms with E-state index in [2.05, 4.69) is 10.3 Å². The molecule has 0 bridgehead atoms. The summed E-state index contributed by atoms with van der Waals surface area (Å²) >= 11 is 1.36. The van der Waals surface area contributed by atoms with Gasteiger partial charge in [-0.15, -0.1) is 11.3 Å². The van der Waals surface area contributed by atoms with Crippen molar-refractivity contribution in [1.82, 2.24) is 9.99 Å². The topological polar surface area (TPSA) is 113 Å². The molecule has 1 amide bonds. The van der Waals surface area contributed by atoms with Crippen molar-refractivity contribution in [2.75, 3.05) is 12.4 Å². The second-order valence-electron chi connectivity index (χ2n) is 8.33. The number of hydrogen-bond donors (Lipinski definition) is 2. The normalized spacial score (nSPS) is 17.4. The number of phenols is 1. The van der Waals surface area contributed by atoms with Crippen molar-refractivity contribution in [2.24, 2.45) is 5.10 Å². The molecule has 1 aliphatic rings. The number of carbonyl (C=O) groups is 2. The van der Waals surface area contributed by atoms with E-state index in [4.69, 9.17) is 14.6 Å². The van der Waals surface area contributed by atoms with Crippen LogP contribution in [0.15, 0.2) is 47.6 Å². The highest BCUT2D eigenvalue weighted by atomic mass is 32.1. The predicted molar refractivity (Wildman–Crippen MR) is 138 cm³/mol. The van der Waals surface area contributed by atoms with Gasteiger partial charge in [0.25, 0.3) is 5.91 Å². The fourth-order valence-corrected chi connectivity index (χ4v) is 4.80. The van der Waals surface area contributed by atoms with Crippen LogP contribution < -0.4 is 10.1 Å². The number of phenolic OH excluding ortho intramolecular Hbond substituents is 1. The number of thiazole rings is 1. The molecule has 1 aliphatic heterocycles. The van der Waals surface area contributed by atoms with Gasteiger partial charge in [-0.1, -0.05) is 19.1 Å². The molecule has 0 aliphatic carbocycles. The number of aryl methyl sites for hydroxylation is 2. The van der Waals surface area contributed by atoms with Crippen LogP contribution in [0.1, 0.15) is 44.8 Å². The molecule has 2 aromatic carbocycles. The minimum absolute atomic E-state index is 0.00191.